The molecule has 3 fully saturated rings. The van der Waals surface area contributed by atoms with E-state index < -0.39 is 0 Å². The highest BCUT2D eigenvalue weighted by molar-refractivity contribution is 4.95. The summed E-state index contributed by atoms with van der Waals surface area (Å²) < 4.78 is 0. The van der Waals surface area contributed by atoms with Crippen molar-refractivity contribution in [2.75, 3.05) is 26.2 Å². The van der Waals surface area contributed by atoms with Gasteiger partial charge in [-0.3, -0.25) is 10.3 Å². The number of hydrogen-bond donors (Lipinski definition) is 1. The molecular formula is C12H23N3. The first-order valence-electron chi connectivity index (χ1n) is 6.69. The van der Waals surface area contributed by atoms with Crippen LogP contribution in [-0.4, -0.2) is 48.2 Å². The molecule has 0 saturated carbocycles. The molecule has 3 saturated heterocycles. The van der Waals surface area contributed by atoms with E-state index in [9.17, 15) is 0 Å². The zero-order valence-electron chi connectivity index (χ0n) is 9.62. The van der Waals surface area contributed by atoms with E-state index in [1.54, 1.807) is 0 Å². The molecule has 0 bridgehead atoms. The highest BCUT2D eigenvalue weighted by Crippen LogP contribution is 2.28. The second kappa shape index (κ2) is 4.40. The molecule has 0 radical (unpaired) electrons. The van der Waals surface area contributed by atoms with Gasteiger partial charge in [-0.05, 0) is 38.6 Å². The lowest BCUT2D eigenvalue weighted by atomic mass is 10.1. The van der Waals surface area contributed by atoms with Crippen molar-refractivity contribution in [2.24, 2.45) is 0 Å². The van der Waals surface area contributed by atoms with Gasteiger partial charge >= 0.3 is 0 Å². The Morgan fingerprint density at radius 3 is 2.53 bits per heavy atom. The first kappa shape index (κ1) is 10.1. The molecule has 0 aromatic heterocycles. The van der Waals surface area contributed by atoms with Crippen molar-refractivity contribution in [3.8, 4) is 0 Å². The summed E-state index contributed by atoms with van der Waals surface area (Å²) in [5.41, 5.74) is 3.78. The van der Waals surface area contributed by atoms with Gasteiger partial charge in [0.2, 0.25) is 0 Å². The zero-order valence-corrected chi connectivity index (χ0v) is 9.62. The van der Waals surface area contributed by atoms with Crippen molar-refractivity contribution in [3.63, 3.8) is 0 Å². The van der Waals surface area contributed by atoms with Crippen molar-refractivity contribution < 1.29 is 0 Å². The molecule has 3 aliphatic rings. The second-order valence-corrected chi connectivity index (χ2v) is 5.32. The molecule has 0 amide bonds. The quantitative estimate of drug-likeness (QED) is 0.737. The topological polar surface area (TPSA) is 18.5 Å². The van der Waals surface area contributed by atoms with Gasteiger partial charge in [0.15, 0.2) is 0 Å². The Morgan fingerprint density at radius 2 is 1.67 bits per heavy atom. The molecular weight excluding hydrogens is 186 g/mol. The zero-order chi connectivity index (χ0) is 10.1. The van der Waals surface area contributed by atoms with Crippen molar-refractivity contribution in [1.29, 1.82) is 0 Å². The molecule has 15 heavy (non-hydrogen) atoms. The molecule has 3 heterocycles. The molecule has 3 nitrogen and oxygen atoms in total. The monoisotopic (exact) mass is 209 g/mol. The minimum atomic E-state index is 0.755. The minimum Gasteiger partial charge on any atom is -0.299 e. The Labute approximate surface area is 92.8 Å². The lowest BCUT2D eigenvalue weighted by molar-refractivity contribution is 0.117. The third kappa shape index (κ3) is 2.05. The van der Waals surface area contributed by atoms with Gasteiger partial charge in [0.1, 0.15) is 0 Å². The molecule has 3 heteroatoms. The molecule has 3 rings (SSSR count). The largest absolute Gasteiger partial charge is 0.299 e. The molecule has 1 N–H and O–H groups in total. The summed E-state index contributed by atoms with van der Waals surface area (Å²) in [6, 6.07) is 1.61. The van der Waals surface area contributed by atoms with Gasteiger partial charge in [0, 0.05) is 31.7 Å². The van der Waals surface area contributed by atoms with Crippen LogP contribution in [0.5, 0.6) is 0 Å². The number of nitrogens with zero attached hydrogens (tertiary/aromatic N) is 2. The fraction of sp³-hybridized carbons (Fsp3) is 1.00. The average molecular weight is 209 g/mol. The Hall–Kier alpha value is -0.120. The van der Waals surface area contributed by atoms with E-state index in [2.05, 4.69) is 15.3 Å². The lowest BCUT2D eigenvalue weighted by Gasteiger charge is -2.32. The van der Waals surface area contributed by atoms with E-state index in [1.165, 1.54) is 64.7 Å². The summed E-state index contributed by atoms with van der Waals surface area (Å²) in [6.07, 6.45) is 8.40. The van der Waals surface area contributed by atoms with Crippen LogP contribution in [0.4, 0.5) is 0 Å². The van der Waals surface area contributed by atoms with Crippen LogP contribution < -0.4 is 5.43 Å². The predicted molar refractivity (Wildman–Crippen MR) is 61.6 cm³/mol. The average Bonchev–Trinajstić information content (AvgIpc) is 2.85. The van der Waals surface area contributed by atoms with Crippen molar-refractivity contribution in [3.05, 3.63) is 0 Å². The highest BCUT2D eigenvalue weighted by atomic mass is 15.5. The van der Waals surface area contributed by atoms with Gasteiger partial charge in [-0.15, -0.1) is 0 Å². The van der Waals surface area contributed by atoms with E-state index in [0.29, 0.717) is 0 Å². The van der Waals surface area contributed by atoms with E-state index in [4.69, 9.17) is 0 Å². The van der Waals surface area contributed by atoms with Gasteiger partial charge in [0.05, 0.1) is 0 Å². The summed E-state index contributed by atoms with van der Waals surface area (Å²) in [5, 5.41) is 2.48. The fourth-order valence-electron chi connectivity index (χ4n) is 3.49. The second-order valence-electron chi connectivity index (χ2n) is 5.32. The van der Waals surface area contributed by atoms with Crippen LogP contribution in [0.1, 0.15) is 38.5 Å². The normalized spacial score (nSPS) is 38.4. The van der Waals surface area contributed by atoms with E-state index in [1.807, 2.05) is 0 Å². The van der Waals surface area contributed by atoms with Gasteiger partial charge < -0.3 is 0 Å². The number of hydrogen-bond acceptors (Lipinski definition) is 3. The van der Waals surface area contributed by atoms with E-state index in [-0.39, 0.29) is 0 Å². The van der Waals surface area contributed by atoms with Crippen molar-refractivity contribution >= 4 is 0 Å². The van der Waals surface area contributed by atoms with Crippen LogP contribution >= 0.6 is 0 Å². The highest BCUT2D eigenvalue weighted by Gasteiger charge is 2.37. The smallest absolute Gasteiger partial charge is 0.0383 e. The first-order valence-corrected chi connectivity index (χ1v) is 6.69. The van der Waals surface area contributed by atoms with Crippen LogP contribution in [0, 0.1) is 0 Å². The fourth-order valence-corrected chi connectivity index (χ4v) is 3.49. The standard InChI is InChI=1S/C12H23N3/c1-2-8-15(9-3-1)13-11-6-10-14-7-4-5-12(11)14/h11-13H,1-10H2. The van der Waals surface area contributed by atoms with E-state index >= 15 is 0 Å². The molecule has 0 aliphatic carbocycles. The number of hydrazine groups is 1. The minimum absolute atomic E-state index is 0.755. The van der Waals surface area contributed by atoms with Crippen LogP contribution in [0.15, 0.2) is 0 Å². The Balaban J connectivity index is 1.54. The van der Waals surface area contributed by atoms with Crippen LogP contribution in [0.25, 0.3) is 0 Å². The summed E-state index contributed by atoms with van der Waals surface area (Å²) in [5.74, 6) is 0. The molecule has 0 spiro atoms. The van der Waals surface area contributed by atoms with Crippen LogP contribution in [0.2, 0.25) is 0 Å². The number of fused-ring (bicyclic) bond motifs is 1. The summed E-state index contributed by atoms with van der Waals surface area (Å²) in [4.78, 5) is 2.68. The maximum atomic E-state index is 3.78. The van der Waals surface area contributed by atoms with Crippen LogP contribution in [0.3, 0.4) is 0 Å². The Bertz CT molecular complexity index is 213. The van der Waals surface area contributed by atoms with E-state index in [0.717, 1.165) is 12.1 Å². The molecule has 0 aromatic carbocycles. The first-order chi connectivity index (χ1) is 7.43. The number of piperidine rings is 1. The summed E-state index contributed by atoms with van der Waals surface area (Å²) >= 11 is 0. The summed E-state index contributed by atoms with van der Waals surface area (Å²) in [7, 11) is 0. The molecule has 2 atom stereocenters. The van der Waals surface area contributed by atoms with Crippen molar-refractivity contribution in [1.82, 2.24) is 15.3 Å². The Morgan fingerprint density at radius 1 is 0.800 bits per heavy atom. The summed E-state index contributed by atoms with van der Waals surface area (Å²) in [6.45, 7) is 5.21. The number of nitrogens with one attached hydrogen (secondary N) is 1. The van der Waals surface area contributed by atoms with Gasteiger partial charge in [-0.25, -0.2) is 5.01 Å². The Kier molecular flexibility index (Phi) is 2.95. The third-order valence-electron chi connectivity index (χ3n) is 4.31. The number of rotatable bonds is 2. The third-order valence-corrected chi connectivity index (χ3v) is 4.31. The predicted octanol–water partition coefficient (Wildman–Crippen LogP) is 1.21. The molecule has 2 unspecified atom stereocenters. The van der Waals surface area contributed by atoms with Gasteiger partial charge in [-0.2, -0.15) is 0 Å². The maximum absolute atomic E-state index is 3.78. The molecule has 86 valence electrons. The molecule has 3 aliphatic heterocycles. The molecule has 0 aromatic rings. The lowest BCUT2D eigenvalue weighted by Crippen LogP contribution is -2.50. The SMILES string of the molecule is C1CCN(NC2CCN3CCCC23)CC1. The van der Waals surface area contributed by atoms with Crippen molar-refractivity contribution in [2.45, 2.75) is 50.6 Å². The van der Waals surface area contributed by atoms with Gasteiger partial charge in [0.25, 0.3) is 0 Å². The van der Waals surface area contributed by atoms with Gasteiger partial charge in [-0.1, -0.05) is 6.42 Å². The van der Waals surface area contributed by atoms with Crippen LogP contribution in [-0.2, 0) is 0 Å². The maximum Gasteiger partial charge on any atom is 0.0383 e.